The molecule has 0 fully saturated rings. The van der Waals surface area contributed by atoms with Crippen LogP contribution in [0.25, 0.3) is 0 Å². The highest BCUT2D eigenvalue weighted by Gasteiger charge is 2.39. The molecule has 1 aromatic rings. The topological polar surface area (TPSA) is 36.7 Å². The van der Waals surface area contributed by atoms with Crippen molar-refractivity contribution in [3.8, 4) is 6.07 Å². The highest BCUT2D eigenvalue weighted by Crippen LogP contribution is 2.39. The fraction of sp³-hybridized carbons (Fsp3) is 0.333. The van der Waals surface area contributed by atoms with E-state index < -0.39 is 29.3 Å². The molecule has 1 heterocycles. The van der Waals surface area contributed by atoms with E-state index in [4.69, 9.17) is 5.26 Å². The summed E-state index contributed by atoms with van der Waals surface area (Å²) < 4.78 is 62.8. The smallest absolute Gasteiger partial charge is 0.258 e. The largest absolute Gasteiger partial charge is 0.418 e. The monoisotopic (exact) mass is 314 g/mol. The predicted molar refractivity (Wildman–Crippen MR) is 51.5 cm³/mol. The molecule has 0 N–H and O–H groups in total. The average molecular weight is 315 g/mol. The fourth-order valence-electron chi connectivity index (χ4n) is 1.26. The van der Waals surface area contributed by atoms with Crippen LogP contribution in [0.4, 0.5) is 22.0 Å². The van der Waals surface area contributed by atoms with Gasteiger partial charge >= 0.3 is 6.18 Å². The number of rotatable bonds is 2. The van der Waals surface area contributed by atoms with Crippen molar-refractivity contribution < 1.29 is 22.0 Å². The first-order valence-electron chi connectivity index (χ1n) is 4.16. The number of hydrogen-bond donors (Lipinski definition) is 0. The minimum atomic E-state index is -5.02. The Morgan fingerprint density at radius 3 is 2.35 bits per heavy atom. The van der Waals surface area contributed by atoms with Crippen molar-refractivity contribution >= 4 is 15.9 Å². The number of nitriles is 1. The van der Waals surface area contributed by atoms with Gasteiger partial charge in [-0.2, -0.15) is 18.4 Å². The molecule has 0 aliphatic heterocycles. The first-order chi connectivity index (χ1) is 7.82. The van der Waals surface area contributed by atoms with E-state index in [2.05, 4.69) is 20.9 Å². The Kier molecular flexibility index (Phi) is 4.03. The standard InChI is InChI=1S/C9H4BrF5N2/c10-1-6-4(2-16)7(9(13,14)15)5(3-17-6)8(11)12/h3,8H,1H2. The van der Waals surface area contributed by atoms with Crippen molar-refractivity contribution in [3.63, 3.8) is 0 Å². The van der Waals surface area contributed by atoms with Crippen LogP contribution < -0.4 is 0 Å². The lowest BCUT2D eigenvalue weighted by Crippen LogP contribution is -2.15. The maximum absolute atomic E-state index is 12.6. The third kappa shape index (κ3) is 2.72. The molecule has 8 heteroatoms. The molecule has 0 aromatic carbocycles. The maximum atomic E-state index is 12.6. The van der Waals surface area contributed by atoms with E-state index in [1.54, 1.807) is 0 Å². The van der Waals surface area contributed by atoms with E-state index in [1.165, 1.54) is 6.07 Å². The molecule has 1 rings (SSSR count). The third-order valence-electron chi connectivity index (χ3n) is 1.94. The summed E-state index contributed by atoms with van der Waals surface area (Å²) in [5.41, 5.74) is -3.98. The van der Waals surface area contributed by atoms with E-state index in [0.717, 1.165) is 0 Å². The summed E-state index contributed by atoms with van der Waals surface area (Å²) in [5, 5.41) is 8.52. The lowest BCUT2D eigenvalue weighted by atomic mass is 10.0. The van der Waals surface area contributed by atoms with Gasteiger partial charge in [-0.25, -0.2) is 8.78 Å². The summed E-state index contributed by atoms with van der Waals surface area (Å²) in [7, 11) is 0. The molecule has 92 valence electrons. The molecule has 0 radical (unpaired) electrons. The molecule has 0 spiro atoms. The minimum absolute atomic E-state index is 0.123. The van der Waals surface area contributed by atoms with Crippen LogP contribution >= 0.6 is 15.9 Å². The van der Waals surface area contributed by atoms with Crippen LogP contribution in [0.5, 0.6) is 0 Å². The predicted octanol–water partition coefficient (Wildman–Crippen LogP) is 3.80. The Balaban J connectivity index is 3.64. The van der Waals surface area contributed by atoms with Crippen molar-refractivity contribution in [1.82, 2.24) is 4.98 Å². The molecule has 0 aliphatic rings. The Bertz CT molecular complexity index is 464. The second kappa shape index (κ2) is 4.96. The fourth-order valence-corrected chi connectivity index (χ4v) is 1.68. The second-order valence-corrected chi connectivity index (χ2v) is 3.51. The van der Waals surface area contributed by atoms with Gasteiger partial charge in [0.1, 0.15) is 6.07 Å². The zero-order valence-corrected chi connectivity index (χ0v) is 9.61. The highest BCUT2D eigenvalue weighted by atomic mass is 79.9. The SMILES string of the molecule is N#Cc1c(CBr)ncc(C(F)F)c1C(F)(F)F. The Morgan fingerprint density at radius 2 is 2.00 bits per heavy atom. The van der Waals surface area contributed by atoms with Gasteiger partial charge in [0, 0.05) is 17.1 Å². The van der Waals surface area contributed by atoms with Crippen LogP contribution in [0.2, 0.25) is 0 Å². The van der Waals surface area contributed by atoms with Gasteiger partial charge < -0.3 is 0 Å². The van der Waals surface area contributed by atoms with Crippen LogP contribution in [-0.2, 0) is 11.5 Å². The number of nitrogens with zero attached hydrogens (tertiary/aromatic N) is 2. The van der Waals surface area contributed by atoms with Gasteiger partial charge in [-0.05, 0) is 0 Å². The van der Waals surface area contributed by atoms with E-state index in [1.807, 2.05) is 0 Å². The van der Waals surface area contributed by atoms with E-state index in [-0.39, 0.29) is 11.0 Å². The molecule has 1 aromatic heterocycles. The summed E-state index contributed by atoms with van der Waals surface area (Å²) in [6.07, 6.45) is -7.91. The van der Waals surface area contributed by atoms with E-state index >= 15 is 0 Å². The summed E-state index contributed by atoms with van der Waals surface area (Å²) in [5.74, 6) is 0. The second-order valence-electron chi connectivity index (χ2n) is 2.95. The molecular formula is C9H4BrF5N2. The number of alkyl halides is 6. The average Bonchev–Trinajstić information content (AvgIpc) is 2.25. The molecular weight excluding hydrogens is 311 g/mol. The third-order valence-corrected chi connectivity index (χ3v) is 2.47. The maximum Gasteiger partial charge on any atom is 0.418 e. The first-order valence-corrected chi connectivity index (χ1v) is 5.28. The molecule has 0 saturated heterocycles. The number of pyridine rings is 1. The van der Waals surface area contributed by atoms with Gasteiger partial charge in [0.2, 0.25) is 0 Å². The number of hydrogen-bond acceptors (Lipinski definition) is 2. The Labute approximate surface area is 101 Å². The molecule has 0 saturated carbocycles. The normalized spacial score (nSPS) is 11.6. The lowest BCUT2D eigenvalue weighted by molar-refractivity contribution is -0.139. The van der Waals surface area contributed by atoms with Gasteiger partial charge in [-0.3, -0.25) is 4.98 Å². The molecule has 17 heavy (non-hydrogen) atoms. The number of halogens is 6. The summed E-state index contributed by atoms with van der Waals surface area (Å²) in [6.45, 7) is 0. The molecule has 0 aliphatic carbocycles. The minimum Gasteiger partial charge on any atom is -0.258 e. The molecule has 0 unspecified atom stereocenters. The first kappa shape index (κ1) is 13.8. The van der Waals surface area contributed by atoms with Crippen LogP contribution in [0.1, 0.15) is 28.8 Å². The summed E-state index contributed by atoms with van der Waals surface area (Å²) in [6, 6.07) is 1.27. The van der Waals surface area contributed by atoms with Crippen molar-refractivity contribution in [2.24, 2.45) is 0 Å². The van der Waals surface area contributed by atoms with E-state index in [0.29, 0.717) is 6.20 Å². The van der Waals surface area contributed by atoms with Crippen molar-refractivity contribution in [2.75, 3.05) is 0 Å². The summed E-state index contributed by atoms with van der Waals surface area (Å²) in [4.78, 5) is 3.41. The Morgan fingerprint density at radius 1 is 1.41 bits per heavy atom. The zero-order valence-electron chi connectivity index (χ0n) is 8.02. The molecule has 0 atom stereocenters. The molecule has 0 bridgehead atoms. The van der Waals surface area contributed by atoms with Crippen LogP contribution in [-0.4, -0.2) is 4.98 Å². The van der Waals surface area contributed by atoms with Crippen molar-refractivity contribution in [2.45, 2.75) is 17.9 Å². The summed E-state index contributed by atoms with van der Waals surface area (Å²) >= 11 is 2.84. The highest BCUT2D eigenvalue weighted by molar-refractivity contribution is 9.08. The molecule has 0 amide bonds. The van der Waals surface area contributed by atoms with Gasteiger partial charge in [-0.1, -0.05) is 15.9 Å². The molecule has 2 nitrogen and oxygen atoms in total. The van der Waals surface area contributed by atoms with Crippen LogP contribution in [0.15, 0.2) is 6.20 Å². The van der Waals surface area contributed by atoms with Crippen LogP contribution in [0.3, 0.4) is 0 Å². The van der Waals surface area contributed by atoms with Crippen LogP contribution in [0, 0.1) is 11.3 Å². The van der Waals surface area contributed by atoms with Gasteiger partial charge in [0.05, 0.1) is 16.8 Å². The quantitative estimate of drug-likeness (QED) is 0.615. The van der Waals surface area contributed by atoms with Crippen molar-refractivity contribution in [3.05, 3.63) is 28.6 Å². The number of aromatic nitrogens is 1. The lowest BCUT2D eigenvalue weighted by Gasteiger charge is -2.15. The van der Waals surface area contributed by atoms with Gasteiger partial charge in [0.15, 0.2) is 0 Å². The van der Waals surface area contributed by atoms with E-state index in [9.17, 15) is 22.0 Å². The zero-order chi connectivity index (χ0) is 13.2. The Hall–Kier alpha value is -1.23. The van der Waals surface area contributed by atoms with Crippen molar-refractivity contribution in [1.29, 1.82) is 5.26 Å². The van der Waals surface area contributed by atoms with Gasteiger partial charge in [-0.15, -0.1) is 0 Å². The van der Waals surface area contributed by atoms with Gasteiger partial charge in [0.25, 0.3) is 6.43 Å².